The average Bonchev–Trinajstić information content (AvgIpc) is 2.69. The molecular weight excluding hydrogens is 212 g/mol. The summed E-state index contributed by atoms with van der Waals surface area (Å²) in [5, 5.41) is 13.3. The number of hydrogen-bond acceptors (Lipinski definition) is 4. The van der Waals surface area contributed by atoms with Gasteiger partial charge in [-0.05, 0) is 18.6 Å². The second kappa shape index (κ2) is 3.78. The minimum Gasteiger partial charge on any atom is -0.258 e. The number of thiazole rings is 1. The molecule has 0 aliphatic rings. The lowest BCUT2D eigenvalue weighted by Gasteiger charge is -1.99. The predicted molar refractivity (Wildman–Crippen MR) is 58.9 cm³/mol. The molecule has 0 N–H and O–H groups in total. The van der Waals surface area contributed by atoms with Crippen molar-refractivity contribution in [3.8, 4) is 10.6 Å². The maximum absolute atomic E-state index is 10.7. The van der Waals surface area contributed by atoms with Gasteiger partial charge in [0.05, 0.1) is 4.92 Å². The van der Waals surface area contributed by atoms with E-state index in [2.05, 4.69) is 4.98 Å². The summed E-state index contributed by atoms with van der Waals surface area (Å²) in [7, 11) is 0. The molecule has 0 amide bonds. The highest BCUT2D eigenvalue weighted by atomic mass is 32.1. The van der Waals surface area contributed by atoms with Crippen molar-refractivity contribution in [2.45, 2.75) is 6.92 Å². The van der Waals surface area contributed by atoms with Gasteiger partial charge in [-0.1, -0.05) is 0 Å². The number of nitro benzene ring substituents is 1. The zero-order valence-electron chi connectivity index (χ0n) is 8.01. The summed E-state index contributed by atoms with van der Waals surface area (Å²) in [5.74, 6) is 0. The van der Waals surface area contributed by atoms with Crippen molar-refractivity contribution < 1.29 is 4.92 Å². The third-order valence-corrected chi connectivity index (χ3v) is 2.77. The van der Waals surface area contributed by atoms with Gasteiger partial charge in [-0.15, -0.1) is 11.3 Å². The smallest absolute Gasteiger partial charge is 0.258 e. The maximum atomic E-state index is 10.7. The molecule has 0 fully saturated rings. The Kier molecular flexibility index (Phi) is 2.47. The minimum absolute atomic E-state index is 0.111. The first-order valence-electron chi connectivity index (χ1n) is 4.33. The quantitative estimate of drug-likeness (QED) is 0.577. The van der Waals surface area contributed by atoms with Crippen LogP contribution in [0.15, 0.2) is 29.8 Å². The van der Waals surface area contributed by atoms with Crippen molar-refractivity contribution in [1.29, 1.82) is 0 Å². The molecule has 0 atom stereocenters. The summed E-state index contributed by atoms with van der Waals surface area (Å²) in [6.45, 7) is 1.84. The van der Waals surface area contributed by atoms with Gasteiger partial charge in [0.15, 0.2) is 0 Å². The highest BCUT2D eigenvalue weighted by Crippen LogP contribution is 2.26. The SMILES string of the molecule is Cc1cc(-c2nccs2)cc([N+](=O)[O-])c1. The average molecular weight is 220 g/mol. The molecule has 0 unspecified atom stereocenters. The Morgan fingerprint density at radius 2 is 2.20 bits per heavy atom. The molecule has 0 radical (unpaired) electrons. The van der Waals surface area contributed by atoms with E-state index in [-0.39, 0.29) is 10.6 Å². The Balaban J connectivity index is 2.54. The molecular formula is C10H8N2O2S. The van der Waals surface area contributed by atoms with Gasteiger partial charge >= 0.3 is 0 Å². The third-order valence-electron chi connectivity index (χ3n) is 1.95. The van der Waals surface area contributed by atoms with Gasteiger partial charge < -0.3 is 0 Å². The molecule has 5 heteroatoms. The molecule has 76 valence electrons. The molecule has 15 heavy (non-hydrogen) atoms. The van der Waals surface area contributed by atoms with Crippen LogP contribution >= 0.6 is 11.3 Å². The lowest BCUT2D eigenvalue weighted by Crippen LogP contribution is -1.89. The number of aromatic nitrogens is 1. The van der Waals surface area contributed by atoms with Crippen molar-refractivity contribution in [1.82, 2.24) is 4.98 Å². The van der Waals surface area contributed by atoms with Gasteiger partial charge in [0, 0.05) is 29.3 Å². The van der Waals surface area contributed by atoms with E-state index >= 15 is 0 Å². The number of nitro groups is 1. The van der Waals surface area contributed by atoms with Crippen LogP contribution in [0.2, 0.25) is 0 Å². The van der Waals surface area contributed by atoms with Gasteiger partial charge in [0.2, 0.25) is 0 Å². The number of aryl methyl sites for hydroxylation is 1. The second-order valence-corrected chi connectivity index (χ2v) is 4.05. The molecule has 4 nitrogen and oxygen atoms in total. The molecule has 0 bridgehead atoms. The van der Waals surface area contributed by atoms with Crippen LogP contribution in [0.1, 0.15) is 5.56 Å². The van der Waals surface area contributed by atoms with Crippen molar-refractivity contribution in [3.63, 3.8) is 0 Å². The molecule has 1 aromatic heterocycles. The molecule has 0 spiro atoms. The third kappa shape index (κ3) is 2.02. The Labute approximate surface area is 90.4 Å². The molecule has 0 aliphatic heterocycles. The monoisotopic (exact) mass is 220 g/mol. The van der Waals surface area contributed by atoms with Gasteiger partial charge in [-0.25, -0.2) is 4.98 Å². The number of rotatable bonds is 2. The Hall–Kier alpha value is -1.75. The van der Waals surface area contributed by atoms with Crippen LogP contribution in [0, 0.1) is 17.0 Å². The van der Waals surface area contributed by atoms with E-state index in [1.807, 2.05) is 18.4 Å². The molecule has 2 rings (SSSR count). The van der Waals surface area contributed by atoms with Gasteiger partial charge in [-0.2, -0.15) is 0 Å². The Morgan fingerprint density at radius 1 is 1.40 bits per heavy atom. The molecule has 1 heterocycles. The van der Waals surface area contributed by atoms with Gasteiger partial charge in [0.25, 0.3) is 5.69 Å². The first-order chi connectivity index (χ1) is 7.16. The van der Waals surface area contributed by atoms with Crippen LogP contribution in [0.4, 0.5) is 5.69 Å². The largest absolute Gasteiger partial charge is 0.270 e. The van der Waals surface area contributed by atoms with Crippen molar-refractivity contribution in [3.05, 3.63) is 45.5 Å². The summed E-state index contributed by atoms with van der Waals surface area (Å²) in [6, 6.07) is 4.99. The first kappa shape index (κ1) is 9.79. The molecule has 1 aromatic carbocycles. The fourth-order valence-electron chi connectivity index (χ4n) is 1.36. The van der Waals surface area contributed by atoms with Crippen LogP contribution in [-0.4, -0.2) is 9.91 Å². The fourth-order valence-corrected chi connectivity index (χ4v) is 1.98. The summed E-state index contributed by atoms with van der Waals surface area (Å²) in [4.78, 5) is 14.4. The first-order valence-corrected chi connectivity index (χ1v) is 5.21. The second-order valence-electron chi connectivity index (χ2n) is 3.15. The number of nitrogens with zero attached hydrogens (tertiary/aromatic N) is 2. The Morgan fingerprint density at radius 3 is 2.80 bits per heavy atom. The molecule has 2 aromatic rings. The van der Waals surface area contributed by atoms with Gasteiger partial charge in [0.1, 0.15) is 5.01 Å². The highest BCUT2D eigenvalue weighted by Gasteiger charge is 2.10. The lowest BCUT2D eigenvalue weighted by atomic mass is 10.1. The zero-order valence-corrected chi connectivity index (χ0v) is 8.82. The van der Waals surface area contributed by atoms with E-state index in [4.69, 9.17) is 0 Å². The van der Waals surface area contributed by atoms with E-state index in [0.717, 1.165) is 16.1 Å². The molecule has 0 aliphatic carbocycles. The van der Waals surface area contributed by atoms with E-state index in [1.54, 1.807) is 18.3 Å². The van der Waals surface area contributed by atoms with Crippen LogP contribution in [0.25, 0.3) is 10.6 Å². The normalized spacial score (nSPS) is 10.2. The van der Waals surface area contributed by atoms with E-state index in [1.165, 1.54) is 11.3 Å². The van der Waals surface area contributed by atoms with Gasteiger partial charge in [-0.3, -0.25) is 10.1 Å². The summed E-state index contributed by atoms with van der Waals surface area (Å²) in [5.41, 5.74) is 1.78. The van der Waals surface area contributed by atoms with Crippen molar-refractivity contribution in [2.24, 2.45) is 0 Å². The zero-order chi connectivity index (χ0) is 10.8. The summed E-state index contributed by atoms with van der Waals surface area (Å²) < 4.78 is 0. The standard InChI is InChI=1S/C10H8N2O2S/c1-7-4-8(10-11-2-3-15-10)6-9(5-7)12(13)14/h2-6H,1H3. The number of hydrogen-bond donors (Lipinski definition) is 0. The van der Waals surface area contributed by atoms with E-state index in [9.17, 15) is 10.1 Å². The number of non-ortho nitro benzene ring substituents is 1. The number of benzene rings is 1. The molecule has 0 saturated carbocycles. The van der Waals surface area contributed by atoms with Crippen molar-refractivity contribution in [2.75, 3.05) is 0 Å². The Bertz CT molecular complexity index is 494. The van der Waals surface area contributed by atoms with Crippen molar-refractivity contribution >= 4 is 17.0 Å². The molecule has 0 saturated heterocycles. The summed E-state index contributed by atoms with van der Waals surface area (Å²) in [6.07, 6.45) is 1.69. The van der Waals surface area contributed by atoms with E-state index < -0.39 is 0 Å². The minimum atomic E-state index is -0.385. The topological polar surface area (TPSA) is 56.0 Å². The van der Waals surface area contributed by atoms with Crippen LogP contribution in [0.3, 0.4) is 0 Å². The fraction of sp³-hybridized carbons (Fsp3) is 0.100. The maximum Gasteiger partial charge on any atom is 0.270 e. The van der Waals surface area contributed by atoms with Crippen LogP contribution < -0.4 is 0 Å². The summed E-state index contributed by atoms with van der Waals surface area (Å²) >= 11 is 1.47. The van der Waals surface area contributed by atoms with E-state index in [0.29, 0.717) is 0 Å². The van der Waals surface area contributed by atoms with Crippen LogP contribution in [0.5, 0.6) is 0 Å². The van der Waals surface area contributed by atoms with Crippen LogP contribution in [-0.2, 0) is 0 Å². The lowest BCUT2D eigenvalue weighted by molar-refractivity contribution is -0.384. The highest BCUT2D eigenvalue weighted by molar-refractivity contribution is 7.13. The predicted octanol–water partition coefficient (Wildman–Crippen LogP) is 3.03.